The van der Waals surface area contributed by atoms with Crippen LogP contribution in [-0.2, 0) is 9.53 Å². The third kappa shape index (κ3) is 4.30. The Morgan fingerprint density at radius 3 is 2.71 bits per heavy atom. The van der Waals surface area contributed by atoms with Crippen LogP contribution < -0.4 is 5.32 Å². The molecule has 1 saturated carbocycles. The molecule has 0 aromatic carbocycles. The van der Waals surface area contributed by atoms with Crippen LogP contribution in [0.4, 0.5) is 0 Å². The second kappa shape index (κ2) is 7.00. The minimum absolute atomic E-state index is 0.0168. The van der Waals surface area contributed by atoms with Crippen molar-refractivity contribution in [3.63, 3.8) is 0 Å². The number of rotatable bonds is 7. The fraction of sp³-hybridized carbons (Fsp3) is 0.929. The van der Waals surface area contributed by atoms with E-state index >= 15 is 0 Å². The number of hydrogen-bond acceptors (Lipinski definition) is 3. The summed E-state index contributed by atoms with van der Waals surface area (Å²) in [5.41, 5.74) is 0.0168. The van der Waals surface area contributed by atoms with E-state index in [-0.39, 0.29) is 11.5 Å². The largest absolute Gasteiger partial charge is 0.466 e. The molecule has 17 heavy (non-hydrogen) atoms. The summed E-state index contributed by atoms with van der Waals surface area (Å²) < 4.78 is 5.10. The molecule has 2 atom stereocenters. The van der Waals surface area contributed by atoms with E-state index in [0.717, 1.165) is 31.7 Å². The van der Waals surface area contributed by atoms with Gasteiger partial charge in [0.25, 0.3) is 0 Å². The predicted octanol–water partition coefficient (Wildman–Crippen LogP) is 2.89. The molecule has 0 amide bonds. The summed E-state index contributed by atoms with van der Waals surface area (Å²) in [4.78, 5) is 11.7. The Labute approximate surface area is 105 Å². The Hall–Kier alpha value is -0.570. The first-order valence-corrected chi connectivity index (χ1v) is 7.06. The fourth-order valence-electron chi connectivity index (χ4n) is 2.85. The Balaban J connectivity index is 2.57. The van der Waals surface area contributed by atoms with Gasteiger partial charge in [-0.25, -0.2) is 0 Å². The van der Waals surface area contributed by atoms with Gasteiger partial charge in [0.1, 0.15) is 0 Å². The molecule has 1 aliphatic rings. The van der Waals surface area contributed by atoms with Gasteiger partial charge in [-0.3, -0.25) is 4.79 Å². The third-order valence-electron chi connectivity index (χ3n) is 3.83. The maximum Gasteiger partial charge on any atom is 0.307 e. The Morgan fingerprint density at radius 2 is 2.18 bits per heavy atom. The van der Waals surface area contributed by atoms with Crippen molar-refractivity contribution in [3.05, 3.63) is 0 Å². The molecule has 0 saturated heterocycles. The van der Waals surface area contributed by atoms with E-state index in [2.05, 4.69) is 19.2 Å². The van der Waals surface area contributed by atoms with Gasteiger partial charge in [0.15, 0.2) is 0 Å². The van der Waals surface area contributed by atoms with Crippen molar-refractivity contribution in [1.29, 1.82) is 0 Å². The minimum Gasteiger partial charge on any atom is -0.466 e. The van der Waals surface area contributed by atoms with E-state index in [1.807, 2.05) is 6.92 Å². The zero-order valence-corrected chi connectivity index (χ0v) is 11.6. The summed E-state index contributed by atoms with van der Waals surface area (Å²) in [6.45, 7) is 7.76. The van der Waals surface area contributed by atoms with Crippen molar-refractivity contribution >= 4 is 5.97 Å². The topological polar surface area (TPSA) is 38.3 Å². The van der Waals surface area contributed by atoms with Crippen molar-refractivity contribution in [2.24, 2.45) is 5.92 Å². The highest BCUT2D eigenvalue weighted by Gasteiger charge is 2.39. The van der Waals surface area contributed by atoms with E-state index < -0.39 is 0 Å². The smallest absolute Gasteiger partial charge is 0.307 e. The lowest BCUT2D eigenvalue weighted by atomic mass is 9.91. The molecule has 1 aliphatic carbocycles. The fourth-order valence-corrected chi connectivity index (χ4v) is 2.85. The highest BCUT2D eigenvalue weighted by Crippen LogP contribution is 2.38. The summed E-state index contributed by atoms with van der Waals surface area (Å²) in [5, 5.41) is 3.60. The maximum atomic E-state index is 11.7. The number of nitrogens with one attached hydrogen (secondary N) is 1. The molecule has 0 heterocycles. The van der Waals surface area contributed by atoms with Gasteiger partial charge in [0.2, 0.25) is 0 Å². The van der Waals surface area contributed by atoms with Gasteiger partial charge < -0.3 is 10.1 Å². The van der Waals surface area contributed by atoms with Gasteiger partial charge in [-0.05, 0) is 45.1 Å². The van der Waals surface area contributed by atoms with Gasteiger partial charge >= 0.3 is 5.97 Å². The van der Waals surface area contributed by atoms with Crippen molar-refractivity contribution in [3.8, 4) is 0 Å². The summed E-state index contributed by atoms with van der Waals surface area (Å²) >= 11 is 0. The van der Waals surface area contributed by atoms with Crippen LogP contribution in [0, 0.1) is 5.92 Å². The molecule has 3 heteroatoms. The molecule has 1 fully saturated rings. The van der Waals surface area contributed by atoms with E-state index in [9.17, 15) is 4.79 Å². The van der Waals surface area contributed by atoms with Crippen LogP contribution in [0.1, 0.15) is 59.3 Å². The third-order valence-corrected chi connectivity index (χ3v) is 3.83. The van der Waals surface area contributed by atoms with Crippen LogP contribution in [0.15, 0.2) is 0 Å². The zero-order valence-electron chi connectivity index (χ0n) is 11.6. The molecule has 1 N–H and O–H groups in total. The first-order valence-electron chi connectivity index (χ1n) is 7.06. The van der Waals surface area contributed by atoms with E-state index in [1.54, 1.807) is 0 Å². The predicted molar refractivity (Wildman–Crippen MR) is 69.9 cm³/mol. The normalized spacial score (nSPS) is 28.3. The quantitative estimate of drug-likeness (QED) is 0.697. The van der Waals surface area contributed by atoms with Gasteiger partial charge in [-0.15, -0.1) is 0 Å². The molecule has 0 aliphatic heterocycles. The van der Waals surface area contributed by atoms with Crippen LogP contribution in [0.3, 0.4) is 0 Å². The van der Waals surface area contributed by atoms with Crippen molar-refractivity contribution in [2.75, 3.05) is 13.2 Å². The highest BCUT2D eigenvalue weighted by molar-refractivity contribution is 5.71. The molecule has 100 valence electrons. The number of carbonyl (C=O) groups excluding carboxylic acids is 1. The van der Waals surface area contributed by atoms with E-state index in [4.69, 9.17) is 4.74 Å². The number of ether oxygens (including phenoxy) is 1. The molecule has 0 spiro atoms. The molecular weight excluding hydrogens is 214 g/mol. The van der Waals surface area contributed by atoms with Crippen LogP contribution >= 0.6 is 0 Å². The minimum atomic E-state index is -0.0483. The highest BCUT2D eigenvalue weighted by atomic mass is 16.5. The Kier molecular flexibility index (Phi) is 5.96. The summed E-state index contributed by atoms with van der Waals surface area (Å²) in [6, 6.07) is 0. The van der Waals surface area contributed by atoms with Gasteiger partial charge in [0.05, 0.1) is 13.0 Å². The van der Waals surface area contributed by atoms with Crippen LogP contribution in [0.25, 0.3) is 0 Å². The van der Waals surface area contributed by atoms with Crippen LogP contribution in [0.2, 0.25) is 0 Å². The first-order chi connectivity index (χ1) is 8.15. The lowest BCUT2D eigenvalue weighted by Gasteiger charge is -2.30. The molecule has 2 unspecified atom stereocenters. The van der Waals surface area contributed by atoms with E-state index in [1.165, 1.54) is 12.8 Å². The molecule has 0 radical (unpaired) electrons. The Morgan fingerprint density at radius 1 is 1.41 bits per heavy atom. The zero-order chi connectivity index (χ0) is 12.7. The average molecular weight is 241 g/mol. The Bertz CT molecular complexity index is 242. The first kappa shape index (κ1) is 14.5. The summed E-state index contributed by atoms with van der Waals surface area (Å²) in [5.74, 6) is 0.724. The van der Waals surface area contributed by atoms with Gasteiger partial charge in [-0.2, -0.15) is 0 Å². The molecule has 3 nitrogen and oxygen atoms in total. The van der Waals surface area contributed by atoms with Crippen LogP contribution in [-0.4, -0.2) is 24.7 Å². The number of carbonyl (C=O) groups is 1. The molecule has 1 rings (SSSR count). The van der Waals surface area contributed by atoms with Crippen molar-refractivity contribution < 1.29 is 9.53 Å². The molecule has 0 bridgehead atoms. The summed E-state index contributed by atoms with van der Waals surface area (Å²) in [7, 11) is 0. The van der Waals surface area contributed by atoms with Gasteiger partial charge in [-0.1, -0.05) is 20.3 Å². The molecule has 0 aromatic heterocycles. The standard InChI is InChI=1S/C14H27NO2/c1-4-9-15-14(11-13(16)17-6-3)8-7-12(5-2)10-14/h12,15H,4-11H2,1-3H3. The van der Waals surface area contributed by atoms with Gasteiger partial charge in [0, 0.05) is 5.54 Å². The second-order valence-electron chi connectivity index (χ2n) is 5.21. The van der Waals surface area contributed by atoms with E-state index in [0.29, 0.717) is 13.0 Å². The van der Waals surface area contributed by atoms with Crippen molar-refractivity contribution in [1.82, 2.24) is 5.32 Å². The number of esters is 1. The summed E-state index contributed by atoms with van der Waals surface area (Å²) in [6.07, 6.45) is 6.36. The second-order valence-corrected chi connectivity index (χ2v) is 5.21. The SMILES string of the molecule is CCCNC1(CC(=O)OCC)CCC(CC)C1. The lowest BCUT2D eigenvalue weighted by molar-refractivity contribution is -0.144. The lowest BCUT2D eigenvalue weighted by Crippen LogP contribution is -2.45. The average Bonchev–Trinajstić information content (AvgIpc) is 2.71. The van der Waals surface area contributed by atoms with Crippen molar-refractivity contribution in [2.45, 2.75) is 64.8 Å². The maximum absolute atomic E-state index is 11.7. The molecule has 0 aromatic rings. The monoisotopic (exact) mass is 241 g/mol. The van der Waals surface area contributed by atoms with Crippen LogP contribution in [0.5, 0.6) is 0 Å². The molecular formula is C14H27NO2. The number of hydrogen-bond donors (Lipinski definition) is 1.